The van der Waals surface area contributed by atoms with Gasteiger partial charge in [0.05, 0.1) is 11.7 Å². The molecule has 0 bridgehead atoms. The van der Waals surface area contributed by atoms with Crippen LogP contribution in [-0.4, -0.2) is 29.5 Å². The van der Waals surface area contributed by atoms with E-state index in [1.165, 1.54) is 0 Å². The molecule has 3 nitrogen and oxygen atoms in total. The molecule has 1 unspecified atom stereocenters. The summed E-state index contributed by atoms with van der Waals surface area (Å²) >= 11 is 0. The first-order valence-corrected chi connectivity index (χ1v) is 4.92. The van der Waals surface area contributed by atoms with Gasteiger partial charge in [-0.05, 0) is 12.1 Å². The van der Waals surface area contributed by atoms with Crippen LogP contribution < -0.4 is 5.73 Å². The first-order chi connectivity index (χ1) is 6.92. The third kappa shape index (κ3) is 1.84. The van der Waals surface area contributed by atoms with E-state index >= 15 is 0 Å². The zero-order valence-corrected chi connectivity index (χ0v) is 8.13. The van der Waals surface area contributed by atoms with Gasteiger partial charge in [-0.2, -0.15) is 0 Å². The standard InChI is InChI=1S/C11H15N3/c12-9-11(14-7-3-4-8-14)10-5-1-2-6-13-10/h1-6,11H,7-9,12H2. The van der Waals surface area contributed by atoms with E-state index in [0.29, 0.717) is 6.54 Å². The Balaban J connectivity index is 2.13. The molecule has 0 fully saturated rings. The molecule has 0 saturated carbocycles. The summed E-state index contributed by atoms with van der Waals surface area (Å²) in [6.45, 7) is 2.59. The summed E-state index contributed by atoms with van der Waals surface area (Å²) in [6, 6.07) is 6.23. The predicted molar refractivity (Wildman–Crippen MR) is 56.7 cm³/mol. The SMILES string of the molecule is NCC(c1ccccn1)N1CC=CC1. The van der Waals surface area contributed by atoms with Crippen molar-refractivity contribution in [1.82, 2.24) is 9.88 Å². The lowest BCUT2D eigenvalue weighted by Gasteiger charge is -2.25. The zero-order valence-electron chi connectivity index (χ0n) is 8.13. The van der Waals surface area contributed by atoms with Crippen molar-refractivity contribution >= 4 is 0 Å². The monoisotopic (exact) mass is 189 g/mol. The van der Waals surface area contributed by atoms with E-state index in [1.54, 1.807) is 0 Å². The van der Waals surface area contributed by atoms with E-state index in [2.05, 4.69) is 22.0 Å². The van der Waals surface area contributed by atoms with Crippen molar-refractivity contribution in [2.24, 2.45) is 5.73 Å². The minimum atomic E-state index is 0.256. The van der Waals surface area contributed by atoms with Crippen molar-refractivity contribution in [3.05, 3.63) is 42.2 Å². The lowest BCUT2D eigenvalue weighted by atomic mass is 10.1. The van der Waals surface area contributed by atoms with Gasteiger partial charge in [-0.1, -0.05) is 18.2 Å². The van der Waals surface area contributed by atoms with Crippen molar-refractivity contribution in [3.63, 3.8) is 0 Å². The minimum Gasteiger partial charge on any atom is -0.329 e. The highest BCUT2D eigenvalue weighted by Crippen LogP contribution is 2.19. The molecule has 1 aromatic rings. The Kier molecular flexibility index (Phi) is 2.91. The van der Waals surface area contributed by atoms with Crippen LogP contribution in [0.25, 0.3) is 0 Å². The number of rotatable bonds is 3. The van der Waals surface area contributed by atoms with Crippen LogP contribution in [0, 0.1) is 0 Å². The molecule has 2 rings (SSSR count). The van der Waals surface area contributed by atoms with Gasteiger partial charge in [0.1, 0.15) is 0 Å². The van der Waals surface area contributed by atoms with Gasteiger partial charge >= 0.3 is 0 Å². The van der Waals surface area contributed by atoms with Crippen LogP contribution in [-0.2, 0) is 0 Å². The fourth-order valence-electron chi connectivity index (χ4n) is 1.78. The van der Waals surface area contributed by atoms with E-state index in [0.717, 1.165) is 18.8 Å². The lowest BCUT2D eigenvalue weighted by Crippen LogP contribution is -2.32. The van der Waals surface area contributed by atoms with Gasteiger partial charge in [0.25, 0.3) is 0 Å². The highest BCUT2D eigenvalue weighted by Gasteiger charge is 2.19. The van der Waals surface area contributed by atoms with Gasteiger partial charge in [0.15, 0.2) is 0 Å². The molecule has 1 atom stereocenters. The maximum Gasteiger partial charge on any atom is 0.0649 e. The number of pyridine rings is 1. The molecule has 74 valence electrons. The first kappa shape index (κ1) is 9.37. The number of nitrogens with zero attached hydrogens (tertiary/aromatic N) is 2. The molecule has 3 heteroatoms. The maximum atomic E-state index is 5.78. The second kappa shape index (κ2) is 4.35. The fraction of sp³-hybridized carbons (Fsp3) is 0.364. The Bertz CT molecular complexity index is 300. The summed E-state index contributed by atoms with van der Waals surface area (Å²) in [5.41, 5.74) is 6.84. The summed E-state index contributed by atoms with van der Waals surface area (Å²) in [5.74, 6) is 0. The van der Waals surface area contributed by atoms with Gasteiger partial charge < -0.3 is 5.73 Å². The van der Waals surface area contributed by atoms with Crippen molar-refractivity contribution in [3.8, 4) is 0 Å². The van der Waals surface area contributed by atoms with E-state index in [9.17, 15) is 0 Å². The van der Waals surface area contributed by atoms with Crippen LogP contribution in [0.4, 0.5) is 0 Å². The number of aromatic nitrogens is 1. The third-order valence-electron chi connectivity index (χ3n) is 2.54. The van der Waals surface area contributed by atoms with Crippen molar-refractivity contribution in [1.29, 1.82) is 0 Å². The molecule has 0 radical (unpaired) electrons. The summed E-state index contributed by atoms with van der Waals surface area (Å²) < 4.78 is 0. The van der Waals surface area contributed by atoms with E-state index in [1.807, 2.05) is 24.4 Å². The Morgan fingerprint density at radius 3 is 2.71 bits per heavy atom. The van der Waals surface area contributed by atoms with E-state index in [-0.39, 0.29) is 6.04 Å². The third-order valence-corrected chi connectivity index (χ3v) is 2.54. The summed E-state index contributed by atoms with van der Waals surface area (Å²) in [7, 11) is 0. The molecule has 0 aliphatic carbocycles. The maximum absolute atomic E-state index is 5.78. The van der Waals surface area contributed by atoms with Crippen LogP contribution in [0.1, 0.15) is 11.7 Å². The molecule has 0 amide bonds. The average molecular weight is 189 g/mol. The van der Waals surface area contributed by atoms with E-state index < -0.39 is 0 Å². The molecule has 1 aliphatic heterocycles. The van der Waals surface area contributed by atoms with Crippen LogP contribution in [0.3, 0.4) is 0 Å². The first-order valence-electron chi connectivity index (χ1n) is 4.92. The molecule has 2 heterocycles. The Morgan fingerprint density at radius 2 is 2.14 bits per heavy atom. The zero-order chi connectivity index (χ0) is 9.80. The highest BCUT2D eigenvalue weighted by atomic mass is 15.2. The van der Waals surface area contributed by atoms with Crippen LogP contribution >= 0.6 is 0 Å². The topological polar surface area (TPSA) is 42.1 Å². The molecular weight excluding hydrogens is 174 g/mol. The number of nitrogens with two attached hydrogens (primary N) is 1. The molecule has 0 spiro atoms. The van der Waals surface area contributed by atoms with Gasteiger partial charge in [0, 0.05) is 25.8 Å². The van der Waals surface area contributed by atoms with Gasteiger partial charge in [0.2, 0.25) is 0 Å². The summed E-state index contributed by atoms with van der Waals surface area (Å²) in [5, 5.41) is 0. The highest BCUT2D eigenvalue weighted by molar-refractivity contribution is 5.12. The molecule has 1 aliphatic rings. The van der Waals surface area contributed by atoms with Crippen LogP contribution in [0.15, 0.2) is 36.5 Å². The van der Waals surface area contributed by atoms with Gasteiger partial charge in [-0.15, -0.1) is 0 Å². The van der Waals surface area contributed by atoms with Gasteiger partial charge in [-0.3, -0.25) is 9.88 Å². The largest absolute Gasteiger partial charge is 0.329 e. The van der Waals surface area contributed by atoms with Crippen LogP contribution in [0.2, 0.25) is 0 Å². The fourth-order valence-corrected chi connectivity index (χ4v) is 1.78. The molecule has 14 heavy (non-hydrogen) atoms. The molecule has 1 aromatic heterocycles. The Hall–Kier alpha value is -1.19. The van der Waals surface area contributed by atoms with Crippen molar-refractivity contribution < 1.29 is 0 Å². The van der Waals surface area contributed by atoms with Crippen molar-refractivity contribution in [2.45, 2.75) is 6.04 Å². The normalized spacial score (nSPS) is 18.6. The van der Waals surface area contributed by atoms with Gasteiger partial charge in [-0.25, -0.2) is 0 Å². The Labute approximate surface area is 84.2 Å². The smallest absolute Gasteiger partial charge is 0.0649 e. The molecule has 0 aromatic carbocycles. The van der Waals surface area contributed by atoms with Crippen molar-refractivity contribution in [2.75, 3.05) is 19.6 Å². The molecule has 2 N–H and O–H groups in total. The van der Waals surface area contributed by atoms with E-state index in [4.69, 9.17) is 5.73 Å². The van der Waals surface area contributed by atoms with Crippen LogP contribution in [0.5, 0.6) is 0 Å². The molecular formula is C11H15N3. The average Bonchev–Trinajstić information content (AvgIpc) is 2.74. The second-order valence-electron chi connectivity index (χ2n) is 3.43. The summed E-state index contributed by atoms with van der Waals surface area (Å²) in [6.07, 6.45) is 6.17. The second-order valence-corrected chi connectivity index (χ2v) is 3.43. The quantitative estimate of drug-likeness (QED) is 0.720. The minimum absolute atomic E-state index is 0.256. The predicted octanol–water partition coefficient (Wildman–Crippen LogP) is 0.953. The number of hydrogen-bond donors (Lipinski definition) is 1. The lowest BCUT2D eigenvalue weighted by molar-refractivity contribution is 0.257. The Morgan fingerprint density at radius 1 is 1.36 bits per heavy atom. The molecule has 0 saturated heterocycles. The number of hydrogen-bond acceptors (Lipinski definition) is 3. The summed E-state index contributed by atoms with van der Waals surface area (Å²) in [4.78, 5) is 6.67.